The summed E-state index contributed by atoms with van der Waals surface area (Å²) in [6.07, 6.45) is 1.57. The van der Waals surface area contributed by atoms with Crippen molar-refractivity contribution >= 4 is 5.91 Å². The average molecular weight is 398 g/mol. The maximum Gasteiger partial charge on any atom is 0.236 e. The van der Waals surface area contributed by atoms with E-state index in [-0.39, 0.29) is 24.4 Å². The number of piperidine rings is 1. The third-order valence-electron chi connectivity index (χ3n) is 5.73. The molecule has 5 nitrogen and oxygen atoms in total. The van der Waals surface area contributed by atoms with Gasteiger partial charge in [0.1, 0.15) is 17.7 Å². The second-order valence-electron chi connectivity index (χ2n) is 7.75. The molecule has 2 atom stereocenters. The zero-order valence-electron chi connectivity index (χ0n) is 16.7. The first kappa shape index (κ1) is 19.9. The molecule has 29 heavy (non-hydrogen) atoms. The molecule has 0 spiro atoms. The Bertz CT molecular complexity index is 860. The van der Waals surface area contributed by atoms with Crippen LogP contribution in [0.5, 0.6) is 5.75 Å². The lowest BCUT2D eigenvalue weighted by molar-refractivity contribution is -0.136. The average Bonchev–Trinajstić information content (AvgIpc) is 2.93. The Hall–Kier alpha value is -2.44. The first-order valence-corrected chi connectivity index (χ1v) is 10.2. The van der Waals surface area contributed by atoms with Gasteiger partial charge in [-0.3, -0.25) is 9.69 Å². The van der Waals surface area contributed by atoms with Gasteiger partial charge in [-0.05, 0) is 25.0 Å². The van der Waals surface area contributed by atoms with Crippen LogP contribution in [0.2, 0.25) is 0 Å². The first-order valence-electron chi connectivity index (χ1n) is 10.2. The van der Waals surface area contributed by atoms with Gasteiger partial charge in [0.15, 0.2) is 0 Å². The zero-order valence-corrected chi connectivity index (χ0v) is 16.7. The number of hydrogen-bond acceptors (Lipinski definition) is 4. The van der Waals surface area contributed by atoms with Crippen LogP contribution in [0.15, 0.2) is 48.5 Å². The summed E-state index contributed by atoms with van der Waals surface area (Å²) < 4.78 is 26.1. The number of carbonyl (C=O) groups is 1. The molecule has 0 bridgehead atoms. The van der Waals surface area contributed by atoms with E-state index in [1.54, 1.807) is 19.2 Å². The van der Waals surface area contributed by atoms with Gasteiger partial charge < -0.3 is 14.4 Å². The van der Waals surface area contributed by atoms with Crippen LogP contribution < -0.4 is 4.74 Å². The summed E-state index contributed by atoms with van der Waals surface area (Å²) in [5.41, 5.74) is 1.52. The van der Waals surface area contributed by atoms with E-state index in [2.05, 4.69) is 4.90 Å². The van der Waals surface area contributed by atoms with Gasteiger partial charge in [-0.1, -0.05) is 36.4 Å². The number of benzene rings is 2. The summed E-state index contributed by atoms with van der Waals surface area (Å²) in [7, 11) is 1.70. The second-order valence-corrected chi connectivity index (χ2v) is 7.75. The molecule has 0 radical (unpaired) electrons. The fourth-order valence-electron chi connectivity index (χ4n) is 4.15. The van der Waals surface area contributed by atoms with Crippen molar-refractivity contribution < 1.29 is 18.7 Å². The number of likely N-dealkylation sites (tertiary alicyclic amines) is 1. The Morgan fingerprint density at radius 3 is 2.79 bits per heavy atom. The Labute approximate surface area is 171 Å². The monoisotopic (exact) mass is 398 g/mol. The number of methoxy groups -OCH3 is 1. The number of hydrogen-bond donors (Lipinski definition) is 0. The van der Waals surface area contributed by atoms with E-state index in [1.807, 2.05) is 35.2 Å². The quantitative estimate of drug-likeness (QED) is 0.792. The summed E-state index contributed by atoms with van der Waals surface area (Å²) in [5, 5.41) is 0. The summed E-state index contributed by atoms with van der Waals surface area (Å²) in [4.78, 5) is 16.9. The molecule has 4 rings (SSSR count). The number of amides is 1. The van der Waals surface area contributed by atoms with Crippen LogP contribution in [-0.2, 0) is 16.1 Å². The molecule has 1 fully saturated rings. The van der Waals surface area contributed by atoms with Crippen LogP contribution in [0.25, 0.3) is 0 Å². The number of para-hydroxylation sites is 1. The second kappa shape index (κ2) is 8.93. The highest BCUT2D eigenvalue weighted by molar-refractivity contribution is 5.78. The Kier molecular flexibility index (Phi) is 6.11. The number of carbonyl (C=O) groups excluding carboxylic acids is 1. The fourth-order valence-corrected chi connectivity index (χ4v) is 4.15. The van der Waals surface area contributed by atoms with E-state index in [1.165, 1.54) is 6.07 Å². The molecule has 1 saturated heterocycles. The van der Waals surface area contributed by atoms with E-state index in [9.17, 15) is 9.18 Å². The van der Waals surface area contributed by atoms with Gasteiger partial charge in [-0.25, -0.2) is 4.39 Å². The molecule has 2 aromatic rings. The lowest BCUT2D eigenvalue weighted by Crippen LogP contribution is -2.47. The van der Waals surface area contributed by atoms with Gasteiger partial charge in [0.2, 0.25) is 5.91 Å². The number of ether oxygens (including phenoxy) is 2. The minimum Gasteiger partial charge on any atom is -0.484 e. The van der Waals surface area contributed by atoms with Crippen LogP contribution >= 0.6 is 0 Å². The topological polar surface area (TPSA) is 42.0 Å². The SMILES string of the molecule is COC1CCCN(C(=O)CN2Cc3ccccc3OC(c3ccccc3F)C2)C1. The largest absolute Gasteiger partial charge is 0.484 e. The third-order valence-corrected chi connectivity index (χ3v) is 5.73. The molecule has 2 aromatic carbocycles. The molecule has 2 aliphatic rings. The molecular formula is C23H27FN2O3. The Morgan fingerprint density at radius 2 is 1.97 bits per heavy atom. The summed E-state index contributed by atoms with van der Waals surface area (Å²) >= 11 is 0. The van der Waals surface area contributed by atoms with Gasteiger partial charge in [0.05, 0.1) is 12.6 Å². The van der Waals surface area contributed by atoms with Crippen LogP contribution in [0, 0.1) is 5.82 Å². The van der Waals surface area contributed by atoms with Crippen molar-refractivity contribution in [2.45, 2.75) is 31.6 Å². The van der Waals surface area contributed by atoms with E-state index in [0.717, 1.165) is 30.7 Å². The third kappa shape index (κ3) is 4.60. The van der Waals surface area contributed by atoms with Gasteiger partial charge >= 0.3 is 0 Å². The van der Waals surface area contributed by atoms with Crippen molar-refractivity contribution in [2.24, 2.45) is 0 Å². The van der Waals surface area contributed by atoms with Crippen molar-refractivity contribution in [3.05, 3.63) is 65.5 Å². The van der Waals surface area contributed by atoms with E-state index in [0.29, 0.717) is 25.2 Å². The van der Waals surface area contributed by atoms with Crippen molar-refractivity contribution in [3.8, 4) is 5.75 Å². The van der Waals surface area contributed by atoms with Crippen molar-refractivity contribution in [3.63, 3.8) is 0 Å². The smallest absolute Gasteiger partial charge is 0.236 e. The maximum absolute atomic E-state index is 14.5. The van der Waals surface area contributed by atoms with Crippen LogP contribution in [0.1, 0.15) is 30.1 Å². The highest BCUT2D eigenvalue weighted by Crippen LogP contribution is 2.32. The van der Waals surface area contributed by atoms with Gasteiger partial charge in [-0.2, -0.15) is 0 Å². The lowest BCUT2D eigenvalue weighted by Gasteiger charge is -2.33. The minimum atomic E-state index is -0.472. The molecule has 0 N–H and O–H groups in total. The van der Waals surface area contributed by atoms with E-state index >= 15 is 0 Å². The molecule has 154 valence electrons. The van der Waals surface area contributed by atoms with Crippen LogP contribution in [0.3, 0.4) is 0 Å². The van der Waals surface area contributed by atoms with E-state index < -0.39 is 6.10 Å². The molecule has 2 aliphatic heterocycles. The summed E-state index contributed by atoms with van der Waals surface area (Å²) in [5.74, 6) is 0.536. The van der Waals surface area contributed by atoms with Crippen molar-refractivity contribution in [1.29, 1.82) is 0 Å². The van der Waals surface area contributed by atoms with Gasteiger partial charge in [-0.15, -0.1) is 0 Å². The lowest BCUT2D eigenvalue weighted by atomic mass is 10.1. The highest BCUT2D eigenvalue weighted by atomic mass is 19.1. The van der Waals surface area contributed by atoms with Crippen LogP contribution in [-0.4, -0.2) is 55.1 Å². The number of nitrogens with zero attached hydrogens (tertiary/aromatic N) is 2. The molecule has 0 saturated carbocycles. The Balaban J connectivity index is 1.54. The number of fused-ring (bicyclic) bond motifs is 1. The molecule has 0 aliphatic carbocycles. The fraction of sp³-hybridized carbons (Fsp3) is 0.435. The number of rotatable bonds is 4. The summed E-state index contributed by atoms with van der Waals surface area (Å²) in [6.45, 7) is 2.71. The summed E-state index contributed by atoms with van der Waals surface area (Å²) in [6, 6.07) is 14.5. The maximum atomic E-state index is 14.5. The van der Waals surface area contributed by atoms with Gasteiger partial charge in [0, 0.05) is 44.4 Å². The molecule has 1 amide bonds. The molecule has 0 aromatic heterocycles. The molecular weight excluding hydrogens is 371 g/mol. The predicted molar refractivity (Wildman–Crippen MR) is 108 cm³/mol. The van der Waals surface area contributed by atoms with Crippen molar-refractivity contribution in [1.82, 2.24) is 9.80 Å². The van der Waals surface area contributed by atoms with Crippen LogP contribution in [0.4, 0.5) is 4.39 Å². The highest BCUT2D eigenvalue weighted by Gasteiger charge is 2.29. The normalized spacial score (nSPS) is 22.5. The molecule has 2 unspecified atom stereocenters. The van der Waals surface area contributed by atoms with Crippen molar-refractivity contribution in [2.75, 3.05) is 33.3 Å². The minimum absolute atomic E-state index is 0.0819. The zero-order chi connectivity index (χ0) is 20.2. The predicted octanol–water partition coefficient (Wildman–Crippen LogP) is 3.40. The Morgan fingerprint density at radius 1 is 1.17 bits per heavy atom. The number of halogens is 1. The first-order chi connectivity index (χ1) is 14.1. The standard InChI is InChI=1S/C23H27FN2O3/c1-28-18-8-6-12-26(14-18)23(27)16-25-13-17-7-2-5-11-21(17)29-22(15-25)19-9-3-4-10-20(19)24/h2-5,7,9-11,18,22H,6,8,12-16H2,1H3. The molecule has 6 heteroatoms. The molecule has 2 heterocycles. The van der Waals surface area contributed by atoms with Gasteiger partial charge in [0.25, 0.3) is 0 Å². The van der Waals surface area contributed by atoms with E-state index in [4.69, 9.17) is 9.47 Å².